The van der Waals surface area contributed by atoms with Gasteiger partial charge in [-0.1, -0.05) is 48.8 Å². The lowest BCUT2D eigenvalue weighted by atomic mass is 9.95. The van der Waals surface area contributed by atoms with E-state index in [9.17, 15) is 9.59 Å². The summed E-state index contributed by atoms with van der Waals surface area (Å²) < 4.78 is 7.93. The Morgan fingerprint density at radius 2 is 1.86 bits per heavy atom. The van der Waals surface area contributed by atoms with E-state index >= 15 is 0 Å². The molecule has 4 rings (SSSR count). The molecule has 0 fully saturated rings. The van der Waals surface area contributed by atoms with Crippen molar-refractivity contribution in [2.24, 2.45) is 5.10 Å². The van der Waals surface area contributed by atoms with Crippen LogP contribution in [0.1, 0.15) is 48.1 Å². The van der Waals surface area contributed by atoms with Gasteiger partial charge in [0.15, 0.2) is 0 Å². The highest BCUT2D eigenvalue weighted by molar-refractivity contribution is 9.10. The van der Waals surface area contributed by atoms with Crippen molar-refractivity contribution >= 4 is 39.0 Å². The van der Waals surface area contributed by atoms with Gasteiger partial charge in [-0.3, -0.25) is 4.79 Å². The molecule has 0 saturated carbocycles. The fraction of sp³-hybridized carbons (Fsp3) is 0.185. The minimum atomic E-state index is -0.974. The number of halogens is 1. The quantitative estimate of drug-likeness (QED) is 0.325. The molecule has 1 aromatic heterocycles. The second kappa shape index (κ2) is 9.84. The summed E-state index contributed by atoms with van der Waals surface area (Å²) in [6.45, 7) is 6.22. The van der Waals surface area contributed by atoms with Gasteiger partial charge in [-0.05, 0) is 65.7 Å². The second-order valence-corrected chi connectivity index (χ2v) is 9.99. The molecule has 35 heavy (non-hydrogen) atoms. The Kier molecular flexibility index (Phi) is 6.84. The van der Waals surface area contributed by atoms with Crippen molar-refractivity contribution in [3.63, 3.8) is 0 Å². The third-order valence-corrected chi connectivity index (χ3v) is 5.75. The Hall–Kier alpha value is -3.78. The van der Waals surface area contributed by atoms with Gasteiger partial charge in [0.25, 0.3) is 5.56 Å². The molecule has 0 spiro atoms. The number of carboxylic acid groups (broad SMARTS) is 1. The third-order valence-electron chi connectivity index (χ3n) is 5.26. The van der Waals surface area contributed by atoms with Gasteiger partial charge in [-0.15, -0.1) is 0 Å². The van der Waals surface area contributed by atoms with E-state index in [1.54, 1.807) is 42.6 Å². The van der Waals surface area contributed by atoms with E-state index in [0.717, 1.165) is 15.6 Å². The van der Waals surface area contributed by atoms with Crippen LogP contribution in [0.25, 0.3) is 10.9 Å². The van der Waals surface area contributed by atoms with Crippen molar-refractivity contribution in [1.82, 2.24) is 9.66 Å². The van der Waals surface area contributed by atoms with Crippen LogP contribution in [-0.2, 0) is 12.0 Å². The number of carbonyl (C=O) groups is 1. The summed E-state index contributed by atoms with van der Waals surface area (Å²) in [5, 5.41) is 14.1. The van der Waals surface area contributed by atoms with Gasteiger partial charge in [0.2, 0.25) is 0 Å². The largest absolute Gasteiger partial charge is 0.489 e. The molecule has 0 saturated heterocycles. The van der Waals surface area contributed by atoms with Crippen LogP contribution >= 0.6 is 15.9 Å². The van der Waals surface area contributed by atoms with Crippen LogP contribution in [0, 0.1) is 0 Å². The highest BCUT2D eigenvalue weighted by atomic mass is 79.9. The van der Waals surface area contributed by atoms with E-state index in [1.807, 2.05) is 51.1 Å². The highest BCUT2D eigenvalue weighted by Crippen LogP contribution is 2.23. The molecule has 0 radical (unpaired) electrons. The van der Waals surface area contributed by atoms with Gasteiger partial charge in [0.1, 0.15) is 18.2 Å². The first-order valence-electron chi connectivity index (χ1n) is 10.9. The number of hydrogen-bond acceptors (Lipinski definition) is 5. The maximum absolute atomic E-state index is 13.2. The number of aromatic nitrogens is 2. The summed E-state index contributed by atoms with van der Waals surface area (Å²) in [5.74, 6) is 0.225. The van der Waals surface area contributed by atoms with Crippen LogP contribution < -0.4 is 10.3 Å². The zero-order valence-electron chi connectivity index (χ0n) is 19.5. The predicted molar refractivity (Wildman–Crippen MR) is 140 cm³/mol. The number of carboxylic acids is 1. The smallest absolute Gasteiger partial charge is 0.335 e. The van der Waals surface area contributed by atoms with Crippen molar-refractivity contribution in [2.75, 3.05) is 0 Å². The van der Waals surface area contributed by atoms with E-state index in [4.69, 9.17) is 14.8 Å². The maximum atomic E-state index is 13.2. The van der Waals surface area contributed by atoms with Crippen LogP contribution in [0.3, 0.4) is 0 Å². The Morgan fingerprint density at radius 1 is 1.11 bits per heavy atom. The monoisotopic (exact) mass is 533 g/mol. The third kappa shape index (κ3) is 5.66. The molecule has 0 aliphatic carbocycles. The summed E-state index contributed by atoms with van der Waals surface area (Å²) in [6.07, 6.45) is 1.61. The molecule has 0 atom stereocenters. The van der Waals surface area contributed by atoms with Crippen LogP contribution in [0.2, 0.25) is 0 Å². The molecule has 4 aromatic rings. The minimum absolute atomic E-state index is 0.220. The molecule has 0 unspecified atom stereocenters. The Labute approximate surface area is 210 Å². The van der Waals surface area contributed by atoms with Crippen LogP contribution in [0.15, 0.2) is 81.1 Å². The Bertz CT molecular complexity index is 1490. The van der Waals surface area contributed by atoms with Crippen LogP contribution in [0.4, 0.5) is 0 Å². The van der Waals surface area contributed by atoms with Crippen LogP contribution in [0.5, 0.6) is 5.75 Å². The molecule has 0 amide bonds. The molecule has 178 valence electrons. The SMILES string of the molecule is CC(C)(C)c1nc2ccc(Br)cc2c(=O)n1N=Cc1ccc(OCc2cccc(C(=O)O)c2)cc1. The first-order valence-corrected chi connectivity index (χ1v) is 11.7. The summed E-state index contributed by atoms with van der Waals surface area (Å²) in [5.41, 5.74) is 1.77. The molecule has 7 nitrogen and oxygen atoms in total. The highest BCUT2D eigenvalue weighted by Gasteiger charge is 2.22. The minimum Gasteiger partial charge on any atom is -0.489 e. The lowest BCUT2D eigenvalue weighted by molar-refractivity contribution is 0.0696. The van der Waals surface area contributed by atoms with E-state index in [1.165, 1.54) is 4.68 Å². The lowest BCUT2D eigenvalue weighted by Crippen LogP contribution is -2.29. The fourth-order valence-electron chi connectivity index (χ4n) is 3.48. The summed E-state index contributed by atoms with van der Waals surface area (Å²) in [7, 11) is 0. The predicted octanol–water partition coefficient (Wildman–Crippen LogP) is 5.62. The van der Waals surface area contributed by atoms with Crippen molar-refractivity contribution in [3.05, 3.63) is 104 Å². The van der Waals surface area contributed by atoms with Gasteiger partial charge in [-0.25, -0.2) is 9.78 Å². The van der Waals surface area contributed by atoms with E-state index in [-0.39, 0.29) is 17.7 Å². The molecule has 0 aliphatic heterocycles. The van der Waals surface area contributed by atoms with E-state index < -0.39 is 11.4 Å². The summed E-state index contributed by atoms with van der Waals surface area (Å²) >= 11 is 3.42. The first-order chi connectivity index (χ1) is 16.6. The van der Waals surface area contributed by atoms with Crippen LogP contribution in [-0.4, -0.2) is 27.0 Å². The topological polar surface area (TPSA) is 93.8 Å². The summed E-state index contributed by atoms with van der Waals surface area (Å²) in [4.78, 5) is 29.1. The lowest BCUT2D eigenvalue weighted by Gasteiger charge is -2.20. The summed E-state index contributed by atoms with van der Waals surface area (Å²) in [6, 6.07) is 19.3. The van der Waals surface area contributed by atoms with E-state index in [0.29, 0.717) is 22.5 Å². The molecule has 1 heterocycles. The number of benzene rings is 3. The molecule has 0 aliphatic rings. The average Bonchev–Trinajstić information content (AvgIpc) is 2.82. The van der Waals surface area contributed by atoms with Crippen molar-refractivity contribution < 1.29 is 14.6 Å². The zero-order chi connectivity index (χ0) is 25.2. The van der Waals surface area contributed by atoms with Crippen molar-refractivity contribution in [3.8, 4) is 5.75 Å². The zero-order valence-corrected chi connectivity index (χ0v) is 21.1. The van der Waals surface area contributed by atoms with Crippen molar-refractivity contribution in [1.29, 1.82) is 0 Å². The number of aromatic carboxylic acids is 1. The normalized spacial score (nSPS) is 11.8. The van der Waals surface area contributed by atoms with Gasteiger partial charge in [-0.2, -0.15) is 9.78 Å². The maximum Gasteiger partial charge on any atom is 0.335 e. The van der Waals surface area contributed by atoms with Gasteiger partial charge in [0.05, 0.1) is 22.7 Å². The number of fused-ring (bicyclic) bond motifs is 1. The molecule has 3 aromatic carbocycles. The molecule has 0 bridgehead atoms. The molecular formula is C27H24BrN3O4. The average molecular weight is 534 g/mol. The van der Waals surface area contributed by atoms with Crippen molar-refractivity contribution in [2.45, 2.75) is 32.8 Å². The first kappa shape index (κ1) is 24.3. The van der Waals surface area contributed by atoms with Gasteiger partial charge in [0, 0.05) is 9.89 Å². The molecule has 8 heteroatoms. The number of hydrogen-bond donors (Lipinski definition) is 1. The van der Waals surface area contributed by atoms with E-state index in [2.05, 4.69) is 21.0 Å². The number of ether oxygens (including phenoxy) is 1. The number of nitrogens with zero attached hydrogens (tertiary/aromatic N) is 3. The Morgan fingerprint density at radius 3 is 2.54 bits per heavy atom. The number of rotatable bonds is 6. The molecular weight excluding hydrogens is 510 g/mol. The Balaban J connectivity index is 1.57. The fourth-order valence-corrected chi connectivity index (χ4v) is 3.84. The standard InChI is InChI=1S/C27H24BrN3O4/c1-27(2,3)26-30-23-12-9-20(28)14-22(23)24(32)31(26)29-15-17-7-10-21(11-8-17)35-16-18-5-4-6-19(13-18)25(33)34/h4-15H,16H2,1-3H3,(H,33,34). The second-order valence-electron chi connectivity index (χ2n) is 9.07. The van der Waals surface area contributed by atoms with Gasteiger partial charge < -0.3 is 9.84 Å². The molecule has 1 N–H and O–H groups in total. The van der Waals surface area contributed by atoms with Gasteiger partial charge >= 0.3 is 5.97 Å².